The second kappa shape index (κ2) is 8.61. The van der Waals surface area contributed by atoms with Gasteiger partial charge in [0.15, 0.2) is 17.5 Å². The van der Waals surface area contributed by atoms with E-state index in [1.54, 1.807) is 7.11 Å². The van der Waals surface area contributed by atoms with E-state index in [1.165, 1.54) is 11.0 Å². The highest BCUT2D eigenvalue weighted by molar-refractivity contribution is 5.83. The van der Waals surface area contributed by atoms with Gasteiger partial charge >= 0.3 is 0 Å². The Morgan fingerprint density at radius 1 is 1.12 bits per heavy atom. The van der Waals surface area contributed by atoms with E-state index in [1.807, 2.05) is 54.6 Å². The molecule has 1 N–H and O–H groups in total. The number of carbonyl (C=O) groups excluding carboxylic acids is 1. The SMILES string of the molecule is COc1ccccc1OCCNC(=O)C(c1ccccc1)n1cnnn1. The van der Waals surface area contributed by atoms with Crippen LogP contribution in [-0.4, -0.2) is 46.4 Å². The molecule has 134 valence electrons. The number of para-hydroxylation sites is 2. The molecule has 3 rings (SSSR count). The van der Waals surface area contributed by atoms with E-state index in [2.05, 4.69) is 20.8 Å². The molecule has 0 aliphatic rings. The smallest absolute Gasteiger partial charge is 0.249 e. The minimum Gasteiger partial charge on any atom is -0.493 e. The molecule has 0 radical (unpaired) electrons. The van der Waals surface area contributed by atoms with E-state index in [0.717, 1.165) is 5.56 Å². The summed E-state index contributed by atoms with van der Waals surface area (Å²) in [4.78, 5) is 12.7. The lowest BCUT2D eigenvalue weighted by Gasteiger charge is -2.17. The summed E-state index contributed by atoms with van der Waals surface area (Å²) in [6, 6.07) is 16.1. The maximum atomic E-state index is 12.7. The van der Waals surface area contributed by atoms with Crippen LogP contribution in [0.5, 0.6) is 11.5 Å². The Morgan fingerprint density at radius 3 is 2.54 bits per heavy atom. The van der Waals surface area contributed by atoms with E-state index in [-0.39, 0.29) is 5.91 Å². The molecule has 1 amide bonds. The largest absolute Gasteiger partial charge is 0.493 e. The Hall–Kier alpha value is -3.42. The highest BCUT2D eigenvalue weighted by Gasteiger charge is 2.23. The Bertz CT molecular complexity index is 824. The predicted octanol–water partition coefficient (Wildman–Crippen LogP) is 1.47. The van der Waals surface area contributed by atoms with Gasteiger partial charge in [-0.05, 0) is 28.1 Å². The van der Waals surface area contributed by atoms with Crippen LogP contribution >= 0.6 is 0 Å². The lowest BCUT2D eigenvalue weighted by molar-refractivity contribution is -0.123. The van der Waals surface area contributed by atoms with Gasteiger partial charge in [0.2, 0.25) is 5.91 Å². The topological polar surface area (TPSA) is 91.2 Å². The normalized spacial score (nSPS) is 11.6. The molecule has 0 fully saturated rings. The number of hydrogen-bond donors (Lipinski definition) is 1. The average molecular weight is 353 g/mol. The first-order valence-electron chi connectivity index (χ1n) is 8.10. The zero-order valence-electron chi connectivity index (χ0n) is 14.3. The van der Waals surface area contributed by atoms with Gasteiger partial charge in [0, 0.05) is 0 Å². The van der Waals surface area contributed by atoms with Crippen LogP contribution in [0, 0.1) is 0 Å². The van der Waals surface area contributed by atoms with Crippen LogP contribution in [-0.2, 0) is 4.79 Å². The van der Waals surface area contributed by atoms with Gasteiger partial charge in [-0.3, -0.25) is 4.79 Å². The molecule has 0 bridgehead atoms. The highest BCUT2D eigenvalue weighted by atomic mass is 16.5. The minimum atomic E-state index is -0.641. The first kappa shape index (κ1) is 17.4. The maximum absolute atomic E-state index is 12.7. The molecule has 26 heavy (non-hydrogen) atoms. The number of carbonyl (C=O) groups is 1. The van der Waals surface area contributed by atoms with Crippen LogP contribution in [0.2, 0.25) is 0 Å². The van der Waals surface area contributed by atoms with Crippen molar-refractivity contribution in [1.29, 1.82) is 0 Å². The van der Waals surface area contributed by atoms with Gasteiger partial charge in [0.25, 0.3) is 0 Å². The van der Waals surface area contributed by atoms with Gasteiger partial charge in [0.1, 0.15) is 12.9 Å². The Morgan fingerprint density at radius 2 is 1.85 bits per heavy atom. The zero-order chi connectivity index (χ0) is 18.2. The van der Waals surface area contributed by atoms with Crippen molar-refractivity contribution < 1.29 is 14.3 Å². The van der Waals surface area contributed by atoms with Gasteiger partial charge < -0.3 is 14.8 Å². The third kappa shape index (κ3) is 4.15. The van der Waals surface area contributed by atoms with Gasteiger partial charge in [0.05, 0.1) is 13.7 Å². The highest BCUT2D eigenvalue weighted by Crippen LogP contribution is 2.25. The van der Waals surface area contributed by atoms with Gasteiger partial charge in [-0.15, -0.1) is 5.10 Å². The molecule has 1 atom stereocenters. The van der Waals surface area contributed by atoms with Crippen LogP contribution in [0.4, 0.5) is 0 Å². The Kier molecular flexibility index (Phi) is 5.76. The molecule has 8 heteroatoms. The van der Waals surface area contributed by atoms with Crippen molar-refractivity contribution in [2.45, 2.75) is 6.04 Å². The Balaban J connectivity index is 1.60. The summed E-state index contributed by atoms with van der Waals surface area (Å²) in [5.74, 6) is 1.06. The number of nitrogens with one attached hydrogen (secondary N) is 1. The molecule has 0 saturated heterocycles. The fraction of sp³-hybridized carbons (Fsp3) is 0.222. The van der Waals surface area contributed by atoms with Gasteiger partial charge in [-0.25, -0.2) is 4.68 Å². The van der Waals surface area contributed by atoms with Crippen LogP contribution in [0.1, 0.15) is 11.6 Å². The number of methoxy groups -OCH3 is 1. The molecule has 1 aromatic heterocycles. The molecule has 3 aromatic rings. The number of nitrogens with zero attached hydrogens (tertiary/aromatic N) is 4. The number of amides is 1. The number of tetrazole rings is 1. The summed E-state index contributed by atoms with van der Waals surface area (Å²) in [5, 5.41) is 14.0. The molecule has 2 aromatic carbocycles. The first-order chi connectivity index (χ1) is 12.8. The molecule has 0 aliphatic carbocycles. The van der Waals surface area contributed by atoms with E-state index in [9.17, 15) is 4.79 Å². The summed E-state index contributed by atoms with van der Waals surface area (Å²) in [6.07, 6.45) is 1.42. The second-order valence-electron chi connectivity index (χ2n) is 5.39. The maximum Gasteiger partial charge on any atom is 0.249 e. The lowest BCUT2D eigenvalue weighted by atomic mass is 10.1. The molecule has 1 unspecified atom stereocenters. The second-order valence-corrected chi connectivity index (χ2v) is 5.39. The van der Waals surface area contributed by atoms with Gasteiger partial charge in [-0.2, -0.15) is 0 Å². The summed E-state index contributed by atoms with van der Waals surface area (Å²) in [5.41, 5.74) is 0.794. The number of aromatic nitrogens is 4. The van der Waals surface area contributed by atoms with Crippen molar-refractivity contribution in [3.63, 3.8) is 0 Å². The Labute approximate surface area is 150 Å². The molecule has 1 heterocycles. The minimum absolute atomic E-state index is 0.216. The van der Waals surface area contributed by atoms with Crippen LogP contribution < -0.4 is 14.8 Å². The number of ether oxygens (including phenoxy) is 2. The van der Waals surface area contributed by atoms with Crippen molar-refractivity contribution in [1.82, 2.24) is 25.5 Å². The monoisotopic (exact) mass is 353 g/mol. The molecule has 0 spiro atoms. The fourth-order valence-corrected chi connectivity index (χ4v) is 2.52. The standard InChI is InChI=1S/C18H19N5O3/c1-25-15-9-5-6-10-16(15)26-12-11-19-18(24)17(23-13-20-21-22-23)14-7-3-2-4-8-14/h2-10,13,17H,11-12H2,1H3,(H,19,24). The lowest BCUT2D eigenvalue weighted by Crippen LogP contribution is -2.36. The molecule has 0 saturated carbocycles. The summed E-state index contributed by atoms with van der Waals surface area (Å²) < 4.78 is 12.3. The average Bonchev–Trinajstić information content (AvgIpc) is 3.21. The number of hydrogen-bond acceptors (Lipinski definition) is 6. The van der Waals surface area contributed by atoms with E-state index in [4.69, 9.17) is 9.47 Å². The van der Waals surface area contributed by atoms with Crippen LogP contribution in [0.15, 0.2) is 60.9 Å². The first-order valence-corrected chi connectivity index (χ1v) is 8.10. The van der Waals surface area contributed by atoms with Crippen molar-refractivity contribution in [2.24, 2.45) is 0 Å². The predicted molar refractivity (Wildman–Crippen MR) is 93.9 cm³/mol. The van der Waals surface area contributed by atoms with E-state index in [0.29, 0.717) is 24.7 Å². The van der Waals surface area contributed by atoms with Crippen LogP contribution in [0.3, 0.4) is 0 Å². The fourth-order valence-electron chi connectivity index (χ4n) is 2.52. The van der Waals surface area contributed by atoms with Crippen molar-refractivity contribution >= 4 is 5.91 Å². The van der Waals surface area contributed by atoms with Crippen LogP contribution in [0.25, 0.3) is 0 Å². The molecular weight excluding hydrogens is 334 g/mol. The summed E-state index contributed by atoms with van der Waals surface area (Å²) >= 11 is 0. The third-order valence-electron chi connectivity index (χ3n) is 3.72. The zero-order valence-corrected chi connectivity index (χ0v) is 14.3. The molecule has 0 aliphatic heterocycles. The van der Waals surface area contributed by atoms with Crippen molar-refractivity contribution in [3.8, 4) is 11.5 Å². The number of rotatable bonds is 8. The molecular formula is C18H19N5O3. The van der Waals surface area contributed by atoms with Gasteiger partial charge in [-0.1, -0.05) is 42.5 Å². The quantitative estimate of drug-likeness (QED) is 0.617. The third-order valence-corrected chi connectivity index (χ3v) is 3.72. The summed E-state index contributed by atoms with van der Waals surface area (Å²) in [7, 11) is 1.58. The number of benzene rings is 2. The summed E-state index contributed by atoms with van der Waals surface area (Å²) in [6.45, 7) is 0.644. The van der Waals surface area contributed by atoms with Crippen molar-refractivity contribution in [3.05, 3.63) is 66.5 Å². The van der Waals surface area contributed by atoms with Crippen molar-refractivity contribution in [2.75, 3.05) is 20.3 Å². The van der Waals surface area contributed by atoms with E-state index < -0.39 is 6.04 Å². The molecule has 8 nitrogen and oxygen atoms in total. The van der Waals surface area contributed by atoms with E-state index >= 15 is 0 Å².